The van der Waals surface area contributed by atoms with Crippen molar-refractivity contribution >= 4 is 27.5 Å². The minimum Gasteiger partial charge on any atom is -0.464 e. The normalized spacial score (nSPS) is 11.1. The van der Waals surface area contributed by atoms with Gasteiger partial charge in [0, 0.05) is 17.4 Å². The van der Waals surface area contributed by atoms with E-state index in [-0.39, 0.29) is 18.1 Å². The number of nitrogens with zero attached hydrogens (tertiary/aromatic N) is 2. The summed E-state index contributed by atoms with van der Waals surface area (Å²) < 4.78 is 6.74. The summed E-state index contributed by atoms with van der Waals surface area (Å²) in [5, 5.41) is 2.62. The van der Waals surface area contributed by atoms with Crippen LogP contribution >= 0.6 is 11.3 Å². The van der Waals surface area contributed by atoms with E-state index < -0.39 is 0 Å². The lowest BCUT2D eigenvalue weighted by Crippen LogP contribution is -2.23. The number of carbonyl (C=O) groups excluding carboxylic acids is 1. The van der Waals surface area contributed by atoms with Gasteiger partial charge in [0.25, 0.3) is 5.56 Å². The molecule has 0 amide bonds. The van der Waals surface area contributed by atoms with Crippen molar-refractivity contribution in [2.24, 2.45) is 0 Å². The zero-order valence-corrected chi connectivity index (χ0v) is 16.8. The van der Waals surface area contributed by atoms with Crippen LogP contribution in [0.25, 0.3) is 21.3 Å². The highest BCUT2D eigenvalue weighted by Crippen LogP contribution is 2.32. The molecule has 2 heterocycles. The fourth-order valence-electron chi connectivity index (χ4n) is 3.09. The van der Waals surface area contributed by atoms with Gasteiger partial charge >= 0.3 is 5.97 Å². The molecular weight excluding hydrogens is 360 g/mol. The number of thiophene rings is 1. The summed E-state index contributed by atoms with van der Waals surface area (Å²) in [6, 6.07) is 6.22. The van der Waals surface area contributed by atoms with Crippen LogP contribution in [0.4, 0.5) is 0 Å². The van der Waals surface area contributed by atoms with Crippen molar-refractivity contribution < 1.29 is 9.53 Å². The van der Waals surface area contributed by atoms with Crippen molar-refractivity contribution in [1.29, 1.82) is 0 Å². The van der Waals surface area contributed by atoms with Gasteiger partial charge < -0.3 is 4.74 Å². The molecule has 0 atom stereocenters. The SMILES string of the molecule is CCCCC(=O)OCCn1cnc2scc(-c3ccc(C)cc3C)c2c1=O. The van der Waals surface area contributed by atoms with Gasteiger partial charge in [0.1, 0.15) is 11.4 Å². The van der Waals surface area contributed by atoms with Crippen LogP contribution in [0.5, 0.6) is 0 Å². The number of rotatable bonds is 7. The molecule has 5 nitrogen and oxygen atoms in total. The smallest absolute Gasteiger partial charge is 0.305 e. The highest BCUT2D eigenvalue weighted by atomic mass is 32.1. The Bertz CT molecular complexity index is 1020. The van der Waals surface area contributed by atoms with E-state index in [0.717, 1.165) is 34.4 Å². The number of aryl methyl sites for hydroxylation is 2. The summed E-state index contributed by atoms with van der Waals surface area (Å²) in [7, 11) is 0. The predicted molar refractivity (Wildman–Crippen MR) is 109 cm³/mol. The molecule has 142 valence electrons. The van der Waals surface area contributed by atoms with Crippen molar-refractivity contribution in [3.8, 4) is 11.1 Å². The zero-order chi connectivity index (χ0) is 19.4. The Hall–Kier alpha value is -2.47. The maximum atomic E-state index is 13.0. The molecule has 0 bridgehead atoms. The molecule has 0 N–H and O–H groups in total. The lowest BCUT2D eigenvalue weighted by Gasteiger charge is -2.09. The van der Waals surface area contributed by atoms with Crippen LogP contribution in [-0.2, 0) is 16.1 Å². The molecule has 0 spiro atoms. The molecule has 27 heavy (non-hydrogen) atoms. The first-order valence-corrected chi connectivity index (χ1v) is 10.1. The number of aromatic nitrogens is 2. The fourth-order valence-corrected chi connectivity index (χ4v) is 3.99. The van der Waals surface area contributed by atoms with Gasteiger partial charge in [-0.1, -0.05) is 37.1 Å². The average Bonchev–Trinajstić information content (AvgIpc) is 3.06. The van der Waals surface area contributed by atoms with E-state index in [1.807, 2.05) is 12.3 Å². The van der Waals surface area contributed by atoms with Crippen molar-refractivity contribution in [3.63, 3.8) is 0 Å². The predicted octanol–water partition coefficient (Wildman–Crippen LogP) is 4.48. The van der Waals surface area contributed by atoms with Crippen LogP contribution in [0.2, 0.25) is 0 Å². The van der Waals surface area contributed by atoms with Gasteiger partial charge in [-0.2, -0.15) is 0 Å². The maximum Gasteiger partial charge on any atom is 0.305 e. The molecule has 2 aromatic heterocycles. The van der Waals surface area contributed by atoms with E-state index in [0.29, 0.717) is 18.4 Å². The molecule has 0 aliphatic rings. The molecule has 0 fully saturated rings. The second-order valence-electron chi connectivity index (χ2n) is 6.72. The Labute approximate surface area is 162 Å². The van der Waals surface area contributed by atoms with E-state index in [4.69, 9.17) is 4.74 Å². The maximum absolute atomic E-state index is 13.0. The first-order valence-electron chi connectivity index (χ1n) is 9.21. The number of esters is 1. The first kappa shape index (κ1) is 19.3. The summed E-state index contributed by atoms with van der Waals surface area (Å²) in [6.45, 7) is 6.62. The second kappa shape index (κ2) is 8.48. The number of hydrogen-bond acceptors (Lipinski definition) is 5. The van der Waals surface area contributed by atoms with Gasteiger partial charge in [0.15, 0.2) is 0 Å². The van der Waals surface area contributed by atoms with Crippen LogP contribution < -0.4 is 5.56 Å². The number of ether oxygens (including phenoxy) is 1. The highest BCUT2D eigenvalue weighted by Gasteiger charge is 2.15. The van der Waals surface area contributed by atoms with Crippen molar-refractivity contribution in [3.05, 3.63) is 51.4 Å². The van der Waals surface area contributed by atoms with E-state index >= 15 is 0 Å². The molecule has 0 saturated carbocycles. The van der Waals surface area contributed by atoms with Gasteiger partial charge in [-0.3, -0.25) is 14.2 Å². The zero-order valence-electron chi connectivity index (χ0n) is 15.9. The third-order valence-corrected chi connectivity index (χ3v) is 5.45. The molecule has 6 heteroatoms. The first-order chi connectivity index (χ1) is 13.0. The summed E-state index contributed by atoms with van der Waals surface area (Å²) in [6.07, 6.45) is 3.73. The van der Waals surface area contributed by atoms with Crippen LogP contribution in [0.1, 0.15) is 37.3 Å². The average molecular weight is 385 g/mol. The Morgan fingerprint density at radius 3 is 2.81 bits per heavy atom. The second-order valence-corrected chi connectivity index (χ2v) is 7.57. The summed E-state index contributed by atoms with van der Waals surface area (Å²) >= 11 is 1.47. The molecule has 0 aliphatic heterocycles. The van der Waals surface area contributed by atoms with Crippen molar-refractivity contribution in [2.75, 3.05) is 6.61 Å². The van der Waals surface area contributed by atoms with E-state index in [9.17, 15) is 9.59 Å². The van der Waals surface area contributed by atoms with Gasteiger partial charge in [-0.15, -0.1) is 11.3 Å². The third kappa shape index (κ3) is 4.27. The Morgan fingerprint density at radius 2 is 2.07 bits per heavy atom. The van der Waals surface area contributed by atoms with Crippen LogP contribution in [0.3, 0.4) is 0 Å². The number of benzene rings is 1. The standard InChI is InChI=1S/C21H24N2O3S/c1-4-5-6-18(24)26-10-9-23-13-22-20-19(21(23)25)17(12-27-20)16-8-7-14(2)11-15(16)3/h7-8,11-13H,4-6,9-10H2,1-3H3. The molecule has 0 aliphatic carbocycles. The molecule has 0 radical (unpaired) electrons. The number of hydrogen-bond donors (Lipinski definition) is 0. The number of carbonyl (C=O) groups is 1. The minimum atomic E-state index is -0.217. The molecule has 3 aromatic rings. The van der Waals surface area contributed by atoms with Crippen LogP contribution in [0, 0.1) is 13.8 Å². The van der Waals surface area contributed by atoms with Crippen molar-refractivity contribution in [2.45, 2.75) is 46.6 Å². The molecular formula is C21H24N2O3S. The monoisotopic (exact) mass is 384 g/mol. The van der Waals surface area contributed by atoms with E-state index in [1.165, 1.54) is 27.8 Å². The summed E-state index contributed by atoms with van der Waals surface area (Å²) in [4.78, 5) is 29.8. The highest BCUT2D eigenvalue weighted by molar-refractivity contribution is 7.17. The van der Waals surface area contributed by atoms with E-state index in [2.05, 4.69) is 37.0 Å². The Balaban J connectivity index is 1.86. The quantitative estimate of drug-likeness (QED) is 0.564. The van der Waals surface area contributed by atoms with Gasteiger partial charge in [-0.25, -0.2) is 4.98 Å². The minimum absolute atomic E-state index is 0.0965. The molecule has 0 saturated heterocycles. The molecule has 0 unspecified atom stereocenters. The largest absolute Gasteiger partial charge is 0.464 e. The van der Waals surface area contributed by atoms with Crippen molar-refractivity contribution in [1.82, 2.24) is 9.55 Å². The van der Waals surface area contributed by atoms with Gasteiger partial charge in [-0.05, 0) is 31.4 Å². The summed E-state index contributed by atoms with van der Waals surface area (Å²) in [5.74, 6) is -0.217. The molecule has 1 aromatic carbocycles. The lowest BCUT2D eigenvalue weighted by atomic mass is 9.99. The van der Waals surface area contributed by atoms with E-state index in [1.54, 1.807) is 0 Å². The van der Waals surface area contributed by atoms with Gasteiger partial charge in [0.05, 0.1) is 18.3 Å². The Morgan fingerprint density at radius 1 is 1.26 bits per heavy atom. The fraction of sp³-hybridized carbons (Fsp3) is 0.381. The van der Waals surface area contributed by atoms with Crippen LogP contribution in [-0.4, -0.2) is 22.1 Å². The summed E-state index contributed by atoms with van der Waals surface area (Å²) in [5.41, 5.74) is 4.19. The third-order valence-electron chi connectivity index (χ3n) is 4.56. The number of fused-ring (bicyclic) bond motifs is 1. The lowest BCUT2D eigenvalue weighted by molar-refractivity contribution is -0.144. The van der Waals surface area contributed by atoms with Crippen LogP contribution in [0.15, 0.2) is 34.7 Å². The number of unbranched alkanes of at least 4 members (excludes halogenated alkanes) is 1. The topological polar surface area (TPSA) is 61.2 Å². The molecule has 3 rings (SSSR count). The van der Waals surface area contributed by atoms with Gasteiger partial charge in [0.2, 0.25) is 0 Å². The Kier molecular flexibility index (Phi) is 6.06.